The summed E-state index contributed by atoms with van der Waals surface area (Å²) >= 11 is 0. The second-order valence-corrected chi connectivity index (χ2v) is 4.97. The molecule has 0 bridgehead atoms. The molecule has 0 aliphatic carbocycles. The first-order valence-electron chi connectivity index (χ1n) is 6.78. The Labute approximate surface area is 118 Å². The number of benzene rings is 1. The van der Waals surface area contributed by atoms with Crippen molar-refractivity contribution in [3.8, 4) is 0 Å². The van der Waals surface area contributed by atoms with Gasteiger partial charge in [0.25, 0.3) is 5.91 Å². The average molecular weight is 277 g/mol. The predicted octanol–water partition coefficient (Wildman–Crippen LogP) is 1.67. The molecule has 2 atom stereocenters. The molecule has 5 nitrogen and oxygen atoms in total. The molecule has 1 aromatic rings. The summed E-state index contributed by atoms with van der Waals surface area (Å²) < 4.78 is 5.55. The van der Waals surface area contributed by atoms with Crippen LogP contribution in [0.3, 0.4) is 0 Å². The Hall–Kier alpha value is -1.88. The zero-order valence-electron chi connectivity index (χ0n) is 11.5. The topological polar surface area (TPSA) is 66.8 Å². The maximum Gasteiger partial charge on any atom is 0.326 e. The number of carboxylic acids is 1. The monoisotopic (exact) mass is 277 g/mol. The van der Waals surface area contributed by atoms with Gasteiger partial charge in [-0.3, -0.25) is 4.79 Å². The van der Waals surface area contributed by atoms with Gasteiger partial charge in [-0.05, 0) is 25.3 Å². The number of likely N-dealkylation sites (tertiary alicyclic amines) is 1. The maximum atomic E-state index is 12.2. The largest absolute Gasteiger partial charge is 0.480 e. The summed E-state index contributed by atoms with van der Waals surface area (Å²) in [6, 6.07) is 8.88. The molecule has 20 heavy (non-hydrogen) atoms. The number of nitrogens with zero attached hydrogens (tertiary/aromatic N) is 1. The van der Waals surface area contributed by atoms with Crippen LogP contribution in [-0.4, -0.2) is 40.6 Å². The molecule has 0 radical (unpaired) electrons. The third kappa shape index (κ3) is 3.36. The highest BCUT2D eigenvalue weighted by atomic mass is 16.5. The highest BCUT2D eigenvalue weighted by Gasteiger charge is 2.36. The molecule has 0 spiro atoms. The summed E-state index contributed by atoms with van der Waals surface area (Å²) in [5.74, 6) is -1.18. The number of hydrogen-bond donors (Lipinski definition) is 1. The van der Waals surface area contributed by atoms with Crippen molar-refractivity contribution in [2.75, 3.05) is 6.54 Å². The van der Waals surface area contributed by atoms with Gasteiger partial charge in [0.2, 0.25) is 0 Å². The van der Waals surface area contributed by atoms with Crippen LogP contribution in [0.5, 0.6) is 0 Å². The second-order valence-electron chi connectivity index (χ2n) is 4.97. The fraction of sp³-hybridized carbons (Fsp3) is 0.467. The van der Waals surface area contributed by atoms with Crippen molar-refractivity contribution < 1.29 is 19.4 Å². The third-order valence-corrected chi connectivity index (χ3v) is 3.51. The number of carboxylic acid groups (broad SMARTS) is 1. The Kier molecular flexibility index (Phi) is 4.74. The fourth-order valence-corrected chi connectivity index (χ4v) is 2.39. The first kappa shape index (κ1) is 14.5. The van der Waals surface area contributed by atoms with Gasteiger partial charge in [-0.25, -0.2) is 4.79 Å². The van der Waals surface area contributed by atoms with Crippen molar-refractivity contribution in [3.05, 3.63) is 35.9 Å². The highest BCUT2D eigenvalue weighted by Crippen LogP contribution is 2.19. The predicted molar refractivity (Wildman–Crippen MR) is 73.1 cm³/mol. The number of hydrogen-bond acceptors (Lipinski definition) is 3. The van der Waals surface area contributed by atoms with Crippen LogP contribution < -0.4 is 0 Å². The molecule has 0 saturated carbocycles. The molecule has 108 valence electrons. The van der Waals surface area contributed by atoms with E-state index in [0.717, 1.165) is 12.0 Å². The van der Waals surface area contributed by atoms with E-state index in [0.29, 0.717) is 19.6 Å². The zero-order valence-corrected chi connectivity index (χ0v) is 11.5. The van der Waals surface area contributed by atoms with Crippen LogP contribution in [0.1, 0.15) is 25.3 Å². The number of carbonyl (C=O) groups excluding carboxylic acids is 1. The first-order chi connectivity index (χ1) is 9.59. The van der Waals surface area contributed by atoms with E-state index in [1.54, 1.807) is 6.92 Å². The van der Waals surface area contributed by atoms with E-state index in [9.17, 15) is 9.59 Å². The van der Waals surface area contributed by atoms with E-state index < -0.39 is 18.1 Å². The van der Waals surface area contributed by atoms with Crippen LogP contribution in [0.25, 0.3) is 0 Å². The van der Waals surface area contributed by atoms with Gasteiger partial charge in [0.1, 0.15) is 12.1 Å². The molecular formula is C15H19NO4. The summed E-state index contributed by atoms with van der Waals surface area (Å²) in [6.45, 7) is 2.51. The average Bonchev–Trinajstić information content (AvgIpc) is 2.94. The smallest absolute Gasteiger partial charge is 0.326 e. The van der Waals surface area contributed by atoms with Crippen LogP contribution in [0.15, 0.2) is 30.3 Å². The highest BCUT2D eigenvalue weighted by molar-refractivity contribution is 5.86. The van der Waals surface area contributed by atoms with E-state index in [-0.39, 0.29) is 5.91 Å². The SMILES string of the molecule is CC(OCc1ccccc1)C(=O)N1CCC[C@H]1C(=O)O. The van der Waals surface area contributed by atoms with Gasteiger partial charge in [-0.2, -0.15) is 0 Å². The molecule has 1 fully saturated rings. The van der Waals surface area contributed by atoms with Gasteiger partial charge in [0.15, 0.2) is 0 Å². The van der Waals surface area contributed by atoms with E-state index in [4.69, 9.17) is 9.84 Å². The molecule has 5 heteroatoms. The molecule has 1 amide bonds. The number of rotatable bonds is 5. The van der Waals surface area contributed by atoms with Gasteiger partial charge >= 0.3 is 5.97 Å². The third-order valence-electron chi connectivity index (χ3n) is 3.51. The van der Waals surface area contributed by atoms with E-state index in [2.05, 4.69) is 0 Å². The van der Waals surface area contributed by atoms with Gasteiger partial charge in [0.05, 0.1) is 6.61 Å². The van der Waals surface area contributed by atoms with Crippen molar-refractivity contribution in [2.45, 2.75) is 38.5 Å². The summed E-state index contributed by atoms with van der Waals surface area (Å²) in [5, 5.41) is 9.09. The summed E-state index contributed by atoms with van der Waals surface area (Å²) in [4.78, 5) is 24.7. The number of amides is 1. The van der Waals surface area contributed by atoms with Crippen LogP contribution >= 0.6 is 0 Å². The zero-order chi connectivity index (χ0) is 14.5. The lowest BCUT2D eigenvalue weighted by atomic mass is 10.2. The van der Waals surface area contributed by atoms with E-state index in [1.165, 1.54) is 4.90 Å². The minimum absolute atomic E-state index is 0.245. The lowest BCUT2D eigenvalue weighted by molar-refractivity contribution is -0.153. The lowest BCUT2D eigenvalue weighted by Gasteiger charge is -2.24. The Balaban J connectivity index is 1.90. The van der Waals surface area contributed by atoms with Crippen molar-refractivity contribution in [1.82, 2.24) is 4.90 Å². The van der Waals surface area contributed by atoms with Gasteiger partial charge < -0.3 is 14.7 Å². The molecule has 1 heterocycles. The van der Waals surface area contributed by atoms with Gasteiger partial charge in [-0.15, -0.1) is 0 Å². The fourth-order valence-electron chi connectivity index (χ4n) is 2.39. The quantitative estimate of drug-likeness (QED) is 0.889. The number of ether oxygens (including phenoxy) is 1. The Bertz CT molecular complexity index is 474. The van der Waals surface area contributed by atoms with E-state index in [1.807, 2.05) is 30.3 Å². The molecular weight excluding hydrogens is 258 g/mol. The van der Waals surface area contributed by atoms with E-state index >= 15 is 0 Å². The van der Waals surface area contributed by atoms with Crippen molar-refractivity contribution in [1.29, 1.82) is 0 Å². The second kappa shape index (κ2) is 6.52. The van der Waals surface area contributed by atoms with Gasteiger partial charge in [-0.1, -0.05) is 30.3 Å². The molecule has 1 aromatic carbocycles. The van der Waals surface area contributed by atoms with Crippen LogP contribution in [0.4, 0.5) is 0 Å². The molecule has 1 aliphatic rings. The van der Waals surface area contributed by atoms with Gasteiger partial charge in [0, 0.05) is 6.54 Å². The van der Waals surface area contributed by atoms with Crippen molar-refractivity contribution in [2.24, 2.45) is 0 Å². The Morgan fingerprint density at radius 2 is 2.10 bits per heavy atom. The van der Waals surface area contributed by atoms with Crippen molar-refractivity contribution >= 4 is 11.9 Å². The molecule has 0 aromatic heterocycles. The molecule has 1 aliphatic heterocycles. The number of aliphatic carboxylic acids is 1. The van der Waals surface area contributed by atoms with Crippen LogP contribution in [0.2, 0.25) is 0 Å². The standard InChI is InChI=1S/C15H19NO4/c1-11(20-10-12-6-3-2-4-7-12)14(17)16-9-5-8-13(16)15(18)19/h2-4,6-7,11,13H,5,8-10H2,1H3,(H,18,19)/t11?,13-/m0/s1. The normalized spacial score (nSPS) is 19.9. The summed E-state index contributed by atoms with van der Waals surface area (Å²) in [7, 11) is 0. The summed E-state index contributed by atoms with van der Waals surface area (Å²) in [5.41, 5.74) is 0.989. The first-order valence-corrected chi connectivity index (χ1v) is 6.78. The minimum atomic E-state index is -0.939. The lowest BCUT2D eigenvalue weighted by Crippen LogP contribution is -2.45. The molecule has 1 unspecified atom stereocenters. The summed E-state index contributed by atoms with van der Waals surface area (Å²) in [6.07, 6.45) is 0.621. The maximum absolute atomic E-state index is 12.2. The minimum Gasteiger partial charge on any atom is -0.480 e. The Morgan fingerprint density at radius 1 is 1.40 bits per heavy atom. The van der Waals surface area contributed by atoms with Crippen LogP contribution in [0, 0.1) is 0 Å². The molecule has 2 rings (SSSR count). The van der Waals surface area contributed by atoms with Crippen molar-refractivity contribution in [3.63, 3.8) is 0 Å². The van der Waals surface area contributed by atoms with Crippen LogP contribution in [-0.2, 0) is 20.9 Å². The Morgan fingerprint density at radius 3 is 2.75 bits per heavy atom. The number of carbonyl (C=O) groups is 2. The molecule has 1 saturated heterocycles. The molecule has 1 N–H and O–H groups in total.